The number of phenolic OH excluding ortho intramolecular Hbond substituents is 1. The maximum atomic E-state index is 13.0. The number of fused-ring (bicyclic) bond motifs is 1. The number of ketones is 1. The predicted octanol–water partition coefficient (Wildman–Crippen LogP) is 2.80. The number of ether oxygens (including phenoxy) is 2. The summed E-state index contributed by atoms with van der Waals surface area (Å²) >= 11 is 6.01. The van der Waals surface area contributed by atoms with Crippen LogP contribution in [0.4, 0.5) is 0 Å². The topological polar surface area (TPSA) is 127 Å². The lowest BCUT2D eigenvalue weighted by atomic mass is 10.1. The number of carbonyl (C=O) groups is 3. The lowest BCUT2D eigenvalue weighted by molar-refractivity contribution is -0.139. The SMILES string of the molecule is CCOC(=O)/C(=C\c1cc(Cl)c(O)c(OCC)c1)C(=O)CN1C(=O)c2ccccc2S1(=O)=O. The Hall–Kier alpha value is -3.37. The van der Waals surface area contributed by atoms with Gasteiger partial charge in [0.25, 0.3) is 15.9 Å². The summed E-state index contributed by atoms with van der Waals surface area (Å²) in [5, 5.41) is 9.92. The molecule has 0 unspecified atom stereocenters. The molecule has 0 saturated heterocycles. The Bertz CT molecular complexity index is 1270. The molecule has 0 saturated carbocycles. The molecule has 0 atom stereocenters. The second kappa shape index (κ2) is 9.63. The number of amides is 1. The van der Waals surface area contributed by atoms with Gasteiger partial charge in [0.05, 0.1) is 23.8 Å². The van der Waals surface area contributed by atoms with Crippen LogP contribution in [-0.2, 0) is 24.3 Å². The Balaban J connectivity index is 2.00. The molecule has 0 radical (unpaired) electrons. The summed E-state index contributed by atoms with van der Waals surface area (Å²) in [7, 11) is -4.25. The molecule has 0 fully saturated rings. The zero-order valence-corrected chi connectivity index (χ0v) is 19.3. The van der Waals surface area contributed by atoms with E-state index in [0.717, 1.165) is 6.08 Å². The van der Waals surface area contributed by atoms with Crippen molar-refractivity contribution >= 4 is 45.4 Å². The maximum absolute atomic E-state index is 13.0. The molecular formula is C22H20ClNO8S. The first-order valence-corrected chi connectivity index (χ1v) is 11.7. The molecular weight excluding hydrogens is 474 g/mol. The summed E-state index contributed by atoms with van der Waals surface area (Å²) in [5.74, 6) is -3.12. The highest BCUT2D eigenvalue weighted by atomic mass is 35.5. The van der Waals surface area contributed by atoms with Gasteiger partial charge < -0.3 is 14.6 Å². The van der Waals surface area contributed by atoms with Gasteiger partial charge in [0.1, 0.15) is 17.0 Å². The quantitative estimate of drug-likeness (QED) is 0.257. The smallest absolute Gasteiger partial charge is 0.341 e. The van der Waals surface area contributed by atoms with Crippen LogP contribution in [0.3, 0.4) is 0 Å². The van der Waals surface area contributed by atoms with E-state index in [1.165, 1.54) is 43.3 Å². The van der Waals surface area contributed by atoms with E-state index in [1.54, 1.807) is 6.92 Å². The average molecular weight is 494 g/mol. The van der Waals surface area contributed by atoms with Crippen LogP contribution in [0.15, 0.2) is 46.9 Å². The summed E-state index contributed by atoms with van der Waals surface area (Å²) in [4.78, 5) is 37.9. The van der Waals surface area contributed by atoms with Gasteiger partial charge in [-0.2, -0.15) is 0 Å². The van der Waals surface area contributed by atoms with Crippen LogP contribution >= 0.6 is 11.6 Å². The summed E-state index contributed by atoms with van der Waals surface area (Å²) in [6, 6.07) is 8.22. The van der Waals surface area contributed by atoms with Crippen molar-refractivity contribution in [3.63, 3.8) is 0 Å². The van der Waals surface area contributed by atoms with Crippen molar-refractivity contribution < 1.29 is 37.4 Å². The van der Waals surface area contributed by atoms with Crippen molar-refractivity contribution in [2.45, 2.75) is 18.7 Å². The second-order valence-electron chi connectivity index (χ2n) is 6.80. The largest absolute Gasteiger partial charge is 0.503 e. The molecule has 1 aliphatic heterocycles. The number of halogens is 1. The van der Waals surface area contributed by atoms with Crippen LogP contribution in [0, 0.1) is 0 Å². The fraction of sp³-hybridized carbons (Fsp3) is 0.227. The van der Waals surface area contributed by atoms with Crippen molar-refractivity contribution in [2.75, 3.05) is 19.8 Å². The van der Waals surface area contributed by atoms with E-state index in [2.05, 4.69) is 0 Å². The minimum Gasteiger partial charge on any atom is -0.503 e. The van der Waals surface area contributed by atoms with Gasteiger partial charge in [-0.3, -0.25) is 9.59 Å². The molecule has 1 aliphatic rings. The van der Waals surface area contributed by atoms with E-state index < -0.39 is 39.8 Å². The molecule has 2 aromatic carbocycles. The van der Waals surface area contributed by atoms with E-state index in [-0.39, 0.29) is 45.8 Å². The fourth-order valence-corrected chi connectivity index (χ4v) is 4.92. The molecule has 0 aromatic heterocycles. The first-order valence-electron chi connectivity index (χ1n) is 9.85. The number of Topliss-reactive ketones (excluding diaryl/α,β-unsaturated/α-hetero) is 1. The number of benzene rings is 2. The van der Waals surface area contributed by atoms with Crippen LogP contribution in [0.5, 0.6) is 11.5 Å². The van der Waals surface area contributed by atoms with Crippen LogP contribution in [0.25, 0.3) is 6.08 Å². The molecule has 1 N–H and O–H groups in total. The number of carbonyl (C=O) groups excluding carboxylic acids is 3. The average Bonchev–Trinajstić information content (AvgIpc) is 2.96. The summed E-state index contributed by atoms with van der Waals surface area (Å²) in [6.45, 7) is 2.50. The number of rotatable bonds is 8. The number of aromatic hydroxyl groups is 1. The maximum Gasteiger partial charge on any atom is 0.341 e. The Morgan fingerprint density at radius 3 is 2.48 bits per heavy atom. The molecule has 1 amide bonds. The molecule has 33 heavy (non-hydrogen) atoms. The Labute approximate surface area is 195 Å². The number of sulfonamides is 1. The highest BCUT2D eigenvalue weighted by Gasteiger charge is 2.42. The van der Waals surface area contributed by atoms with E-state index in [0.29, 0.717) is 4.31 Å². The molecule has 2 aromatic rings. The molecule has 1 heterocycles. The zero-order valence-electron chi connectivity index (χ0n) is 17.7. The van der Waals surface area contributed by atoms with Crippen LogP contribution in [0.1, 0.15) is 29.8 Å². The first-order chi connectivity index (χ1) is 15.6. The molecule has 0 aliphatic carbocycles. The van der Waals surface area contributed by atoms with Crippen molar-refractivity contribution in [1.82, 2.24) is 4.31 Å². The standard InChI is InChI=1S/C22H20ClNO8S/c1-3-31-18-11-13(10-16(23)20(18)26)9-15(22(28)32-4-2)17(25)12-24-21(27)14-7-5-6-8-19(14)33(24,29)30/h5-11,26H,3-4,12H2,1-2H3/b15-9-. The van der Waals surface area contributed by atoms with Crippen LogP contribution in [-0.4, -0.2) is 55.2 Å². The molecule has 0 bridgehead atoms. The number of hydrogen-bond acceptors (Lipinski definition) is 8. The van der Waals surface area contributed by atoms with Gasteiger partial charge >= 0.3 is 5.97 Å². The van der Waals surface area contributed by atoms with Crippen molar-refractivity contribution in [3.05, 3.63) is 58.1 Å². The van der Waals surface area contributed by atoms with E-state index in [9.17, 15) is 27.9 Å². The summed E-state index contributed by atoms with van der Waals surface area (Å²) < 4.78 is 36.2. The van der Waals surface area contributed by atoms with Gasteiger partial charge in [-0.1, -0.05) is 23.7 Å². The zero-order chi connectivity index (χ0) is 24.3. The Morgan fingerprint density at radius 1 is 1.15 bits per heavy atom. The fourth-order valence-electron chi connectivity index (χ4n) is 3.17. The van der Waals surface area contributed by atoms with Crippen molar-refractivity contribution in [3.8, 4) is 11.5 Å². The van der Waals surface area contributed by atoms with E-state index >= 15 is 0 Å². The normalized spacial score (nSPS) is 14.7. The molecule has 11 heteroatoms. The number of phenols is 1. The molecule has 9 nitrogen and oxygen atoms in total. The molecule has 0 spiro atoms. The van der Waals surface area contributed by atoms with Crippen LogP contribution in [0.2, 0.25) is 5.02 Å². The van der Waals surface area contributed by atoms with Crippen molar-refractivity contribution in [2.24, 2.45) is 0 Å². The van der Waals surface area contributed by atoms with Gasteiger partial charge in [0.15, 0.2) is 17.3 Å². The first kappa shape index (κ1) is 24.3. The number of esters is 1. The predicted molar refractivity (Wildman–Crippen MR) is 119 cm³/mol. The highest BCUT2D eigenvalue weighted by Crippen LogP contribution is 2.36. The van der Waals surface area contributed by atoms with Gasteiger partial charge in [-0.15, -0.1) is 0 Å². The van der Waals surface area contributed by atoms with Gasteiger partial charge in [-0.25, -0.2) is 17.5 Å². The monoisotopic (exact) mass is 493 g/mol. The second-order valence-corrected chi connectivity index (χ2v) is 9.04. The third-order valence-electron chi connectivity index (χ3n) is 4.66. The van der Waals surface area contributed by atoms with E-state index in [1.807, 2.05) is 0 Å². The minimum absolute atomic E-state index is 0.0275. The summed E-state index contributed by atoms with van der Waals surface area (Å²) in [5.41, 5.74) is -0.338. The third kappa shape index (κ3) is 4.71. The van der Waals surface area contributed by atoms with Crippen LogP contribution < -0.4 is 4.74 Å². The van der Waals surface area contributed by atoms with Gasteiger partial charge in [0, 0.05) is 0 Å². The lowest BCUT2D eigenvalue weighted by Crippen LogP contribution is -2.36. The number of hydrogen-bond donors (Lipinski definition) is 1. The summed E-state index contributed by atoms with van der Waals surface area (Å²) in [6.07, 6.45) is 1.13. The molecule has 3 rings (SSSR count). The lowest BCUT2D eigenvalue weighted by Gasteiger charge is -2.15. The Kier molecular flexibility index (Phi) is 7.09. The third-order valence-corrected chi connectivity index (χ3v) is 6.73. The molecule has 174 valence electrons. The van der Waals surface area contributed by atoms with Crippen molar-refractivity contribution in [1.29, 1.82) is 0 Å². The number of nitrogens with zero attached hydrogens (tertiary/aromatic N) is 1. The highest BCUT2D eigenvalue weighted by molar-refractivity contribution is 7.90. The van der Waals surface area contributed by atoms with E-state index in [4.69, 9.17) is 21.1 Å². The minimum atomic E-state index is -4.25. The van der Waals surface area contributed by atoms with Gasteiger partial charge in [-0.05, 0) is 49.8 Å². The van der Waals surface area contributed by atoms with Gasteiger partial charge in [0.2, 0.25) is 0 Å². The Morgan fingerprint density at radius 2 is 1.85 bits per heavy atom.